The van der Waals surface area contributed by atoms with Crippen LogP contribution in [0.25, 0.3) is 0 Å². The Morgan fingerprint density at radius 3 is 3.05 bits per heavy atom. The molecule has 1 aromatic heterocycles. The van der Waals surface area contributed by atoms with Crippen LogP contribution in [-0.2, 0) is 9.53 Å². The number of rotatable bonds is 3. The van der Waals surface area contributed by atoms with Gasteiger partial charge in [0.15, 0.2) is 0 Å². The molecule has 1 aliphatic rings. The van der Waals surface area contributed by atoms with Crippen molar-refractivity contribution in [3.8, 4) is 0 Å². The summed E-state index contributed by atoms with van der Waals surface area (Å²) in [7, 11) is 0. The molecule has 1 aliphatic heterocycles. The van der Waals surface area contributed by atoms with Crippen molar-refractivity contribution in [2.45, 2.75) is 13.0 Å². The topological polar surface area (TPSA) is 71.5 Å². The number of hydrogen-bond acceptors (Lipinski definition) is 4. The van der Waals surface area contributed by atoms with Gasteiger partial charge in [0.05, 0.1) is 24.5 Å². The minimum atomic E-state index is -0.561. The standard InChI is InChI=1S/C13H16FN3O3/c1-9(18)17-2-3-20-12(8-17)7-16-13(19)10-4-11(14)6-15-5-10/h4-6,12H,2-3,7-8H2,1H3,(H,16,19)/t12-/m1/s1. The lowest BCUT2D eigenvalue weighted by atomic mass is 10.2. The molecule has 7 heteroatoms. The van der Waals surface area contributed by atoms with Crippen molar-refractivity contribution < 1.29 is 18.7 Å². The highest BCUT2D eigenvalue weighted by Crippen LogP contribution is 2.05. The van der Waals surface area contributed by atoms with Gasteiger partial charge in [-0.05, 0) is 6.07 Å². The van der Waals surface area contributed by atoms with Gasteiger partial charge in [0.2, 0.25) is 5.91 Å². The van der Waals surface area contributed by atoms with Gasteiger partial charge in [-0.25, -0.2) is 4.39 Å². The highest BCUT2D eigenvalue weighted by molar-refractivity contribution is 5.93. The number of pyridine rings is 1. The first kappa shape index (κ1) is 14.4. The number of morpholine rings is 1. The van der Waals surface area contributed by atoms with Crippen LogP contribution in [0.2, 0.25) is 0 Å². The van der Waals surface area contributed by atoms with E-state index in [1.807, 2.05) is 0 Å². The quantitative estimate of drug-likeness (QED) is 0.859. The Labute approximate surface area is 115 Å². The van der Waals surface area contributed by atoms with Crippen molar-refractivity contribution >= 4 is 11.8 Å². The average Bonchev–Trinajstić information content (AvgIpc) is 2.45. The predicted octanol–water partition coefficient (Wildman–Crippen LogP) is 0.198. The summed E-state index contributed by atoms with van der Waals surface area (Å²) in [6, 6.07) is 1.12. The van der Waals surface area contributed by atoms with E-state index in [9.17, 15) is 14.0 Å². The van der Waals surface area contributed by atoms with Gasteiger partial charge in [0.25, 0.3) is 5.91 Å². The SMILES string of the molecule is CC(=O)N1CCO[C@H](CNC(=O)c2cncc(F)c2)C1. The summed E-state index contributed by atoms with van der Waals surface area (Å²) < 4.78 is 18.4. The molecule has 0 unspecified atom stereocenters. The molecule has 1 saturated heterocycles. The summed E-state index contributed by atoms with van der Waals surface area (Å²) in [6.07, 6.45) is 2.08. The maximum absolute atomic E-state index is 13.0. The second-order valence-electron chi connectivity index (χ2n) is 4.56. The number of halogens is 1. The Kier molecular flexibility index (Phi) is 4.62. The maximum atomic E-state index is 13.0. The Balaban J connectivity index is 1.85. The smallest absolute Gasteiger partial charge is 0.253 e. The normalized spacial score (nSPS) is 18.7. The van der Waals surface area contributed by atoms with Gasteiger partial charge in [-0.1, -0.05) is 0 Å². The highest BCUT2D eigenvalue weighted by Gasteiger charge is 2.22. The summed E-state index contributed by atoms with van der Waals surface area (Å²) in [5.74, 6) is -0.992. The molecule has 2 amide bonds. The summed E-state index contributed by atoms with van der Waals surface area (Å²) >= 11 is 0. The number of hydrogen-bond donors (Lipinski definition) is 1. The molecule has 1 fully saturated rings. The molecular formula is C13H16FN3O3. The first-order valence-electron chi connectivity index (χ1n) is 6.32. The maximum Gasteiger partial charge on any atom is 0.253 e. The molecule has 0 saturated carbocycles. The van der Waals surface area contributed by atoms with Gasteiger partial charge < -0.3 is 15.0 Å². The molecule has 20 heavy (non-hydrogen) atoms. The second kappa shape index (κ2) is 6.42. The van der Waals surface area contributed by atoms with Crippen molar-refractivity contribution in [2.24, 2.45) is 0 Å². The Morgan fingerprint density at radius 2 is 2.35 bits per heavy atom. The first-order valence-corrected chi connectivity index (χ1v) is 6.32. The summed E-state index contributed by atoms with van der Waals surface area (Å²) in [4.78, 5) is 28.4. The van der Waals surface area contributed by atoms with Crippen LogP contribution < -0.4 is 5.32 Å². The van der Waals surface area contributed by atoms with Gasteiger partial charge in [0, 0.05) is 32.8 Å². The zero-order chi connectivity index (χ0) is 14.5. The predicted molar refractivity (Wildman–Crippen MR) is 68.5 cm³/mol. The van der Waals surface area contributed by atoms with E-state index in [1.54, 1.807) is 4.90 Å². The molecule has 0 radical (unpaired) electrons. The second-order valence-corrected chi connectivity index (χ2v) is 4.56. The van der Waals surface area contributed by atoms with Crippen molar-refractivity contribution in [3.05, 3.63) is 29.8 Å². The van der Waals surface area contributed by atoms with Crippen molar-refractivity contribution in [2.75, 3.05) is 26.2 Å². The molecule has 1 atom stereocenters. The molecule has 0 aromatic carbocycles. The average molecular weight is 281 g/mol. The van der Waals surface area contributed by atoms with E-state index < -0.39 is 11.7 Å². The lowest BCUT2D eigenvalue weighted by Gasteiger charge is -2.32. The molecule has 0 aliphatic carbocycles. The van der Waals surface area contributed by atoms with Gasteiger partial charge in [-0.2, -0.15) is 0 Å². The van der Waals surface area contributed by atoms with Gasteiger partial charge >= 0.3 is 0 Å². The lowest BCUT2D eigenvalue weighted by Crippen LogP contribution is -2.49. The Hall–Kier alpha value is -2.02. The fraction of sp³-hybridized carbons (Fsp3) is 0.462. The third-order valence-electron chi connectivity index (χ3n) is 3.04. The van der Waals surface area contributed by atoms with E-state index in [4.69, 9.17) is 4.74 Å². The van der Waals surface area contributed by atoms with Crippen molar-refractivity contribution in [1.29, 1.82) is 0 Å². The number of nitrogens with one attached hydrogen (secondary N) is 1. The number of carbonyl (C=O) groups excluding carboxylic acids is 2. The van der Waals surface area contributed by atoms with Gasteiger partial charge in [-0.3, -0.25) is 14.6 Å². The molecule has 108 valence electrons. The molecule has 2 heterocycles. The minimum Gasteiger partial charge on any atom is -0.373 e. The van der Waals surface area contributed by atoms with E-state index >= 15 is 0 Å². The Morgan fingerprint density at radius 1 is 1.55 bits per heavy atom. The number of ether oxygens (including phenoxy) is 1. The molecule has 2 rings (SSSR count). The van der Waals surface area contributed by atoms with E-state index in [-0.39, 0.29) is 24.1 Å². The van der Waals surface area contributed by atoms with Crippen molar-refractivity contribution in [3.63, 3.8) is 0 Å². The van der Waals surface area contributed by atoms with E-state index in [2.05, 4.69) is 10.3 Å². The molecule has 0 spiro atoms. The van der Waals surface area contributed by atoms with E-state index in [1.165, 1.54) is 13.1 Å². The summed E-state index contributed by atoms with van der Waals surface area (Å²) in [5, 5.41) is 2.65. The van der Waals surface area contributed by atoms with Crippen LogP contribution in [0.5, 0.6) is 0 Å². The molecule has 0 bridgehead atoms. The third-order valence-corrected chi connectivity index (χ3v) is 3.04. The molecule has 1 N–H and O–H groups in total. The minimum absolute atomic E-state index is 0.0149. The van der Waals surface area contributed by atoms with Crippen molar-refractivity contribution in [1.82, 2.24) is 15.2 Å². The van der Waals surface area contributed by atoms with Gasteiger partial charge in [0.1, 0.15) is 5.82 Å². The number of carbonyl (C=O) groups is 2. The van der Waals surface area contributed by atoms with Crippen LogP contribution in [0.1, 0.15) is 17.3 Å². The van der Waals surface area contributed by atoms with Crippen LogP contribution in [-0.4, -0.2) is 54.0 Å². The zero-order valence-corrected chi connectivity index (χ0v) is 11.1. The summed E-state index contributed by atoms with van der Waals surface area (Å²) in [5.41, 5.74) is 0.157. The Bertz CT molecular complexity index is 509. The highest BCUT2D eigenvalue weighted by atomic mass is 19.1. The molecule has 6 nitrogen and oxygen atoms in total. The molecular weight excluding hydrogens is 265 g/mol. The number of nitrogens with zero attached hydrogens (tertiary/aromatic N) is 2. The van der Waals surface area contributed by atoms with Crippen LogP contribution in [0.15, 0.2) is 18.5 Å². The fourth-order valence-corrected chi connectivity index (χ4v) is 1.97. The van der Waals surface area contributed by atoms with Crippen LogP contribution in [0.4, 0.5) is 4.39 Å². The number of aromatic nitrogens is 1. The third kappa shape index (κ3) is 3.74. The van der Waals surface area contributed by atoms with Gasteiger partial charge in [-0.15, -0.1) is 0 Å². The number of amides is 2. The van der Waals surface area contributed by atoms with E-state index in [0.717, 1.165) is 12.3 Å². The van der Waals surface area contributed by atoms with Crippen LogP contribution in [0, 0.1) is 5.82 Å². The van der Waals surface area contributed by atoms with Crippen LogP contribution >= 0.6 is 0 Å². The monoisotopic (exact) mass is 281 g/mol. The van der Waals surface area contributed by atoms with E-state index in [0.29, 0.717) is 19.7 Å². The summed E-state index contributed by atoms with van der Waals surface area (Å²) in [6.45, 7) is 3.21. The van der Waals surface area contributed by atoms with Crippen LogP contribution in [0.3, 0.4) is 0 Å². The zero-order valence-electron chi connectivity index (χ0n) is 11.1. The lowest BCUT2D eigenvalue weighted by molar-refractivity contribution is -0.136. The largest absolute Gasteiger partial charge is 0.373 e. The molecule has 1 aromatic rings. The fourth-order valence-electron chi connectivity index (χ4n) is 1.97. The first-order chi connectivity index (χ1) is 9.56.